The maximum atomic E-state index is 12.4. The van der Waals surface area contributed by atoms with Gasteiger partial charge in [-0.3, -0.25) is 9.59 Å². The zero-order valence-corrected chi connectivity index (χ0v) is 17.1. The quantitative estimate of drug-likeness (QED) is 0.567. The second-order valence-corrected chi connectivity index (χ2v) is 7.55. The van der Waals surface area contributed by atoms with E-state index in [9.17, 15) is 9.59 Å². The molecule has 2 amide bonds. The van der Waals surface area contributed by atoms with Crippen LogP contribution in [-0.2, 0) is 18.4 Å². The summed E-state index contributed by atoms with van der Waals surface area (Å²) < 4.78 is 12.5. The molecule has 2 aromatic carbocycles. The van der Waals surface area contributed by atoms with Gasteiger partial charge in [0.05, 0.1) is 5.75 Å². The Labute approximate surface area is 177 Å². The summed E-state index contributed by atoms with van der Waals surface area (Å²) in [5, 5.41) is 6.47. The number of hydrogen-bond acceptors (Lipinski definition) is 6. The van der Waals surface area contributed by atoms with Gasteiger partial charge >= 0.3 is 0 Å². The lowest BCUT2D eigenvalue weighted by Crippen LogP contribution is -2.22. The number of amides is 2. The summed E-state index contributed by atoms with van der Waals surface area (Å²) in [6, 6.07) is 12.3. The topological polar surface area (TPSA) is 94.5 Å². The third-order valence-corrected chi connectivity index (χ3v) is 5.49. The summed E-state index contributed by atoms with van der Waals surface area (Å²) in [7, 11) is 1.88. The molecule has 8 nitrogen and oxygen atoms in total. The fraction of sp³-hybridized carbons (Fsp3) is 0.190. The van der Waals surface area contributed by atoms with E-state index in [-0.39, 0.29) is 24.4 Å². The van der Waals surface area contributed by atoms with Crippen LogP contribution in [0.3, 0.4) is 0 Å². The number of carbonyl (C=O) groups excluding carboxylic acids is 2. The molecule has 2 N–H and O–H groups in total. The van der Waals surface area contributed by atoms with Gasteiger partial charge in [0.25, 0.3) is 5.91 Å². The Bertz CT molecular complexity index is 1070. The second-order valence-electron chi connectivity index (χ2n) is 6.61. The lowest BCUT2D eigenvalue weighted by Gasteiger charge is -2.08. The van der Waals surface area contributed by atoms with Crippen molar-refractivity contribution >= 4 is 29.3 Å². The highest BCUT2D eigenvalue weighted by Crippen LogP contribution is 2.32. The fourth-order valence-electron chi connectivity index (χ4n) is 2.86. The van der Waals surface area contributed by atoms with Crippen LogP contribution < -0.4 is 20.1 Å². The SMILES string of the molecule is Cn1ccnc1SCC(=O)Nc1ccc(C(=O)NCc2ccc3c(c2)OCO3)cc1. The molecule has 1 aliphatic heterocycles. The number of anilines is 1. The van der Waals surface area contributed by atoms with Crippen molar-refractivity contribution in [2.45, 2.75) is 11.7 Å². The third kappa shape index (κ3) is 4.74. The van der Waals surface area contributed by atoms with Crippen LogP contribution in [0.25, 0.3) is 0 Å². The highest BCUT2D eigenvalue weighted by atomic mass is 32.2. The number of fused-ring (bicyclic) bond motifs is 1. The minimum absolute atomic E-state index is 0.136. The normalized spacial score (nSPS) is 11.9. The van der Waals surface area contributed by atoms with Crippen LogP contribution in [0.2, 0.25) is 0 Å². The van der Waals surface area contributed by atoms with Crippen molar-refractivity contribution in [3.05, 3.63) is 66.0 Å². The highest BCUT2D eigenvalue weighted by Gasteiger charge is 2.14. The average Bonchev–Trinajstić information content (AvgIpc) is 3.39. The molecule has 3 aromatic rings. The van der Waals surface area contributed by atoms with Gasteiger partial charge in [-0.1, -0.05) is 17.8 Å². The zero-order chi connectivity index (χ0) is 20.9. The van der Waals surface area contributed by atoms with E-state index < -0.39 is 0 Å². The van der Waals surface area contributed by atoms with Crippen LogP contribution in [0.5, 0.6) is 11.5 Å². The van der Waals surface area contributed by atoms with E-state index in [1.807, 2.05) is 36.0 Å². The number of hydrogen-bond donors (Lipinski definition) is 2. The monoisotopic (exact) mass is 424 g/mol. The summed E-state index contributed by atoms with van der Waals surface area (Å²) in [5.41, 5.74) is 2.06. The van der Waals surface area contributed by atoms with Crippen molar-refractivity contribution in [3.63, 3.8) is 0 Å². The number of carbonyl (C=O) groups is 2. The Morgan fingerprint density at radius 1 is 1.13 bits per heavy atom. The van der Waals surface area contributed by atoms with Crippen molar-refractivity contribution in [1.82, 2.24) is 14.9 Å². The van der Waals surface area contributed by atoms with E-state index in [0.29, 0.717) is 29.3 Å². The maximum Gasteiger partial charge on any atom is 0.251 e. The van der Waals surface area contributed by atoms with Crippen molar-refractivity contribution in [3.8, 4) is 11.5 Å². The zero-order valence-electron chi connectivity index (χ0n) is 16.3. The molecule has 154 valence electrons. The summed E-state index contributed by atoms with van der Waals surface area (Å²) in [6.45, 7) is 0.591. The molecule has 0 unspecified atom stereocenters. The fourth-order valence-corrected chi connectivity index (χ4v) is 3.59. The van der Waals surface area contributed by atoms with Crippen molar-refractivity contribution < 1.29 is 19.1 Å². The van der Waals surface area contributed by atoms with E-state index >= 15 is 0 Å². The van der Waals surface area contributed by atoms with Gasteiger partial charge in [0.15, 0.2) is 16.7 Å². The van der Waals surface area contributed by atoms with E-state index in [2.05, 4.69) is 15.6 Å². The molecule has 2 heterocycles. The predicted octanol–water partition coefficient (Wildman–Crippen LogP) is 2.81. The van der Waals surface area contributed by atoms with E-state index in [1.54, 1.807) is 30.5 Å². The Kier molecular flexibility index (Phi) is 5.89. The van der Waals surface area contributed by atoms with Crippen molar-refractivity contribution in [2.24, 2.45) is 7.05 Å². The number of aryl methyl sites for hydroxylation is 1. The molecular weight excluding hydrogens is 404 g/mol. The Morgan fingerprint density at radius 2 is 1.93 bits per heavy atom. The summed E-state index contributed by atoms with van der Waals surface area (Å²) in [4.78, 5) is 28.7. The van der Waals surface area contributed by atoms with Gasteiger partial charge in [0, 0.05) is 37.2 Å². The molecule has 1 aromatic heterocycles. The third-order valence-electron chi connectivity index (χ3n) is 4.43. The van der Waals surface area contributed by atoms with E-state index in [1.165, 1.54) is 11.8 Å². The lowest BCUT2D eigenvalue weighted by atomic mass is 10.1. The second kappa shape index (κ2) is 8.91. The molecule has 4 rings (SSSR count). The number of aromatic nitrogens is 2. The first-order valence-corrected chi connectivity index (χ1v) is 10.2. The number of rotatable bonds is 7. The maximum absolute atomic E-state index is 12.4. The number of nitrogens with one attached hydrogen (secondary N) is 2. The summed E-state index contributed by atoms with van der Waals surface area (Å²) in [6.07, 6.45) is 3.52. The standard InChI is InChI=1S/C21H20N4O4S/c1-25-9-8-22-21(25)30-12-19(26)24-16-5-3-15(4-6-16)20(27)23-11-14-2-7-17-18(10-14)29-13-28-17/h2-10H,11-13H2,1H3,(H,23,27)(H,24,26). The molecule has 0 saturated carbocycles. The van der Waals surface area contributed by atoms with Gasteiger partial charge in [0.1, 0.15) is 0 Å². The van der Waals surface area contributed by atoms with Crippen molar-refractivity contribution in [1.29, 1.82) is 0 Å². The summed E-state index contributed by atoms with van der Waals surface area (Å²) in [5.74, 6) is 1.31. The average molecular weight is 424 g/mol. The van der Waals surface area contributed by atoms with Crippen LogP contribution in [0.15, 0.2) is 60.0 Å². The molecule has 0 radical (unpaired) electrons. The van der Waals surface area contributed by atoms with Crippen LogP contribution >= 0.6 is 11.8 Å². The Morgan fingerprint density at radius 3 is 2.70 bits per heavy atom. The number of ether oxygens (including phenoxy) is 2. The first-order valence-electron chi connectivity index (χ1n) is 9.25. The highest BCUT2D eigenvalue weighted by molar-refractivity contribution is 7.99. The van der Waals surface area contributed by atoms with Gasteiger partial charge in [-0.05, 0) is 42.0 Å². The van der Waals surface area contributed by atoms with Gasteiger partial charge in [-0.25, -0.2) is 4.98 Å². The Hall–Kier alpha value is -3.46. The molecule has 0 spiro atoms. The first-order chi connectivity index (χ1) is 14.6. The predicted molar refractivity (Wildman–Crippen MR) is 113 cm³/mol. The molecule has 0 aliphatic carbocycles. The number of imidazole rings is 1. The molecular formula is C21H20N4O4S. The van der Waals surface area contributed by atoms with Crippen LogP contribution in [-0.4, -0.2) is 33.9 Å². The lowest BCUT2D eigenvalue weighted by molar-refractivity contribution is -0.113. The van der Waals surface area contributed by atoms with Gasteiger partial charge in [-0.15, -0.1) is 0 Å². The Balaban J connectivity index is 1.26. The smallest absolute Gasteiger partial charge is 0.251 e. The molecule has 9 heteroatoms. The van der Waals surface area contributed by atoms with Gasteiger partial charge < -0.3 is 24.7 Å². The van der Waals surface area contributed by atoms with E-state index in [4.69, 9.17) is 9.47 Å². The molecule has 0 saturated heterocycles. The molecule has 1 aliphatic rings. The van der Waals surface area contributed by atoms with Crippen LogP contribution in [0.1, 0.15) is 15.9 Å². The van der Waals surface area contributed by atoms with Gasteiger partial charge in [-0.2, -0.15) is 0 Å². The molecule has 0 fully saturated rings. The largest absolute Gasteiger partial charge is 0.454 e. The van der Waals surface area contributed by atoms with Crippen LogP contribution in [0, 0.1) is 0 Å². The number of thioether (sulfide) groups is 1. The first kappa shape index (κ1) is 19.8. The minimum Gasteiger partial charge on any atom is -0.454 e. The van der Waals surface area contributed by atoms with E-state index in [0.717, 1.165) is 10.7 Å². The van der Waals surface area contributed by atoms with Crippen molar-refractivity contribution in [2.75, 3.05) is 17.9 Å². The number of nitrogens with zero attached hydrogens (tertiary/aromatic N) is 2. The van der Waals surface area contributed by atoms with Gasteiger partial charge in [0.2, 0.25) is 12.7 Å². The molecule has 0 atom stereocenters. The van der Waals surface area contributed by atoms with Crippen LogP contribution in [0.4, 0.5) is 5.69 Å². The minimum atomic E-state index is -0.198. The molecule has 30 heavy (non-hydrogen) atoms. The number of benzene rings is 2. The summed E-state index contributed by atoms with van der Waals surface area (Å²) >= 11 is 1.36. The molecule has 0 bridgehead atoms.